The number of nitrogens with one attached hydrogen (secondary N) is 1. The van der Waals surface area contributed by atoms with Gasteiger partial charge in [-0.05, 0) is 30.2 Å². The molecule has 112 valence electrons. The Bertz CT molecular complexity index is 560. The Morgan fingerprint density at radius 1 is 1.24 bits per heavy atom. The summed E-state index contributed by atoms with van der Waals surface area (Å²) in [6.07, 6.45) is 6.03. The van der Waals surface area contributed by atoms with Crippen molar-refractivity contribution in [2.24, 2.45) is 5.41 Å². The standard InChI is InChI=1S/C17H23N3O/c1-2-8-17(9-10-17)13-18-12-16-19-15(20-21-16)11-14-6-4-3-5-7-14/h3-7,18H,2,8-13H2,1H3. The third kappa shape index (κ3) is 3.91. The van der Waals surface area contributed by atoms with Gasteiger partial charge >= 0.3 is 0 Å². The van der Waals surface area contributed by atoms with E-state index in [1.807, 2.05) is 18.2 Å². The molecule has 1 aromatic heterocycles. The molecule has 0 atom stereocenters. The van der Waals surface area contributed by atoms with Gasteiger partial charge in [-0.15, -0.1) is 0 Å². The van der Waals surface area contributed by atoms with Gasteiger partial charge in [0.2, 0.25) is 5.89 Å². The lowest BCUT2D eigenvalue weighted by atomic mass is 10.0. The lowest BCUT2D eigenvalue weighted by Gasteiger charge is -2.13. The van der Waals surface area contributed by atoms with Crippen LogP contribution in [0.4, 0.5) is 0 Å². The topological polar surface area (TPSA) is 51.0 Å². The number of benzene rings is 1. The highest BCUT2D eigenvalue weighted by Gasteiger charge is 2.40. The zero-order chi connectivity index (χ0) is 14.5. The van der Waals surface area contributed by atoms with Gasteiger partial charge in [0.25, 0.3) is 0 Å². The summed E-state index contributed by atoms with van der Waals surface area (Å²) < 4.78 is 5.31. The minimum absolute atomic E-state index is 0.557. The first kappa shape index (κ1) is 14.3. The minimum Gasteiger partial charge on any atom is -0.338 e. The van der Waals surface area contributed by atoms with Crippen molar-refractivity contribution in [3.8, 4) is 0 Å². The summed E-state index contributed by atoms with van der Waals surface area (Å²) in [5.41, 5.74) is 1.76. The van der Waals surface area contributed by atoms with Gasteiger partial charge in [0.05, 0.1) is 6.54 Å². The maximum absolute atomic E-state index is 5.31. The molecule has 1 heterocycles. The first-order chi connectivity index (χ1) is 10.3. The van der Waals surface area contributed by atoms with Crippen LogP contribution in [0.2, 0.25) is 0 Å². The molecule has 21 heavy (non-hydrogen) atoms. The molecule has 0 saturated heterocycles. The summed E-state index contributed by atoms with van der Waals surface area (Å²) in [5.74, 6) is 1.45. The highest BCUT2D eigenvalue weighted by molar-refractivity contribution is 5.18. The normalized spacial score (nSPS) is 16.0. The molecule has 1 aliphatic carbocycles. The molecule has 0 bridgehead atoms. The van der Waals surface area contributed by atoms with Crippen LogP contribution in [0.15, 0.2) is 34.9 Å². The van der Waals surface area contributed by atoms with E-state index in [4.69, 9.17) is 4.52 Å². The summed E-state index contributed by atoms with van der Waals surface area (Å²) in [6.45, 7) is 4.00. The Kier molecular flexibility index (Phi) is 4.34. The molecule has 1 saturated carbocycles. The van der Waals surface area contributed by atoms with E-state index in [0.29, 0.717) is 17.9 Å². The van der Waals surface area contributed by atoms with E-state index < -0.39 is 0 Å². The molecule has 0 spiro atoms. The second-order valence-electron chi connectivity index (χ2n) is 6.12. The van der Waals surface area contributed by atoms with Gasteiger partial charge in [0.1, 0.15) is 0 Å². The quantitative estimate of drug-likeness (QED) is 0.808. The number of aromatic nitrogens is 2. The maximum atomic E-state index is 5.31. The Balaban J connectivity index is 1.47. The molecular formula is C17H23N3O. The summed E-state index contributed by atoms with van der Waals surface area (Å²) in [7, 11) is 0. The number of hydrogen-bond acceptors (Lipinski definition) is 4. The predicted molar refractivity (Wildman–Crippen MR) is 81.8 cm³/mol. The van der Waals surface area contributed by atoms with Crippen LogP contribution in [-0.2, 0) is 13.0 Å². The van der Waals surface area contributed by atoms with Crippen molar-refractivity contribution in [2.45, 2.75) is 45.6 Å². The molecule has 3 rings (SSSR count). The predicted octanol–water partition coefficient (Wildman–Crippen LogP) is 3.33. The van der Waals surface area contributed by atoms with Crippen LogP contribution in [0.5, 0.6) is 0 Å². The molecule has 1 N–H and O–H groups in total. The first-order valence-corrected chi connectivity index (χ1v) is 7.86. The van der Waals surface area contributed by atoms with E-state index in [0.717, 1.165) is 18.8 Å². The van der Waals surface area contributed by atoms with Crippen molar-refractivity contribution in [2.75, 3.05) is 6.54 Å². The lowest BCUT2D eigenvalue weighted by Crippen LogP contribution is -2.23. The van der Waals surface area contributed by atoms with Crippen molar-refractivity contribution < 1.29 is 4.52 Å². The Morgan fingerprint density at radius 3 is 2.76 bits per heavy atom. The molecule has 4 nitrogen and oxygen atoms in total. The number of hydrogen-bond donors (Lipinski definition) is 1. The smallest absolute Gasteiger partial charge is 0.240 e. The van der Waals surface area contributed by atoms with Gasteiger partial charge in [-0.1, -0.05) is 48.8 Å². The van der Waals surface area contributed by atoms with Crippen molar-refractivity contribution in [3.05, 3.63) is 47.6 Å². The molecular weight excluding hydrogens is 262 g/mol. The van der Waals surface area contributed by atoms with Crippen LogP contribution >= 0.6 is 0 Å². The van der Waals surface area contributed by atoms with Crippen molar-refractivity contribution in [3.63, 3.8) is 0 Å². The van der Waals surface area contributed by atoms with Crippen molar-refractivity contribution in [1.82, 2.24) is 15.5 Å². The van der Waals surface area contributed by atoms with E-state index in [1.54, 1.807) is 0 Å². The third-order valence-corrected chi connectivity index (χ3v) is 4.23. The van der Waals surface area contributed by atoms with Gasteiger partial charge in [-0.2, -0.15) is 4.98 Å². The van der Waals surface area contributed by atoms with Crippen LogP contribution in [0.3, 0.4) is 0 Å². The Morgan fingerprint density at radius 2 is 2.05 bits per heavy atom. The fourth-order valence-corrected chi connectivity index (χ4v) is 2.87. The van der Waals surface area contributed by atoms with Crippen LogP contribution < -0.4 is 5.32 Å². The Hall–Kier alpha value is -1.68. The minimum atomic E-state index is 0.557. The van der Waals surface area contributed by atoms with E-state index in [-0.39, 0.29) is 0 Å². The van der Waals surface area contributed by atoms with E-state index in [9.17, 15) is 0 Å². The fourth-order valence-electron chi connectivity index (χ4n) is 2.87. The van der Waals surface area contributed by atoms with Gasteiger partial charge in [0, 0.05) is 13.0 Å². The van der Waals surface area contributed by atoms with E-state index in [2.05, 4.69) is 34.5 Å². The van der Waals surface area contributed by atoms with Crippen molar-refractivity contribution in [1.29, 1.82) is 0 Å². The highest BCUT2D eigenvalue weighted by atomic mass is 16.5. The Labute approximate surface area is 126 Å². The second-order valence-corrected chi connectivity index (χ2v) is 6.12. The summed E-state index contributed by atoms with van der Waals surface area (Å²) in [6, 6.07) is 10.2. The summed E-state index contributed by atoms with van der Waals surface area (Å²) >= 11 is 0. The van der Waals surface area contributed by atoms with Crippen LogP contribution in [0, 0.1) is 5.41 Å². The van der Waals surface area contributed by atoms with Crippen LogP contribution in [-0.4, -0.2) is 16.7 Å². The molecule has 0 amide bonds. The monoisotopic (exact) mass is 285 g/mol. The van der Waals surface area contributed by atoms with Gasteiger partial charge < -0.3 is 9.84 Å². The second kappa shape index (κ2) is 6.39. The first-order valence-electron chi connectivity index (χ1n) is 7.86. The average molecular weight is 285 g/mol. The zero-order valence-electron chi connectivity index (χ0n) is 12.6. The van der Waals surface area contributed by atoms with Gasteiger partial charge in [-0.3, -0.25) is 0 Å². The highest BCUT2D eigenvalue weighted by Crippen LogP contribution is 2.48. The molecule has 0 radical (unpaired) electrons. The number of nitrogens with zero attached hydrogens (tertiary/aromatic N) is 2. The van der Waals surface area contributed by atoms with Crippen LogP contribution in [0.25, 0.3) is 0 Å². The molecule has 0 aliphatic heterocycles. The molecule has 0 unspecified atom stereocenters. The molecule has 1 aliphatic rings. The summed E-state index contributed by atoms with van der Waals surface area (Å²) in [5, 5.41) is 7.52. The zero-order valence-corrected chi connectivity index (χ0v) is 12.6. The molecule has 1 fully saturated rings. The average Bonchev–Trinajstić information content (AvgIpc) is 3.11. The molecule has 2 aromatic rings. The fraction of sp³-hybridized carbons (Fsp3) is 0.529. The van der Waals surface area contributed by atoms with E-state index in [1.165, 1.54) is 31.2 Å². The number of rotatable bonds is 8. The van der Waals surface area contributed by atoms with Crippen molar-refractivity contribution >= 4 is 0 Å². The van der Waals surface area contributed by atoms with Gasteiger partial charge in [-0.25, -0.2) is 0 Å². The maximum Gasteiger partial charge on any atom is 0.240 e. The third-order valence-electron chi connectivity index (χ3n) is 4.23. The summed E-state index contributed by atoms with van der Waals surface area (Å²) in [4.78, 5) is 4.45. The largest absolute Gasteiger partial charge is 0.338 e. The molecule has 1 aromatic carbocycles. The van der Waals surface area contributed by atoms with Crippen LogP contribution in [0.1, 0.15) is 49.9 Å². The SMILES string of the molecule is CCCC1(CNCc2nc(Cc3ccccc3)no2)CC1. The molecule has 4 heteroatoms. The van der Waals surface area contributed by atoms with E-state index >= 15 is 0 Å². The lowest BCUT2D eigenvalue weighted by molar-refractivity contribution is 0.348. The van der Waals surface area contributed by atoms with Gasteiger partial charge in [0.15, 0.2) is 5.82 Å².